The van der Waals surface area contributed by atoms with E-state index in [4.69, 9.17) is 10.4 Å². The van der Waals surface area contributed by atoms with Gasteiger partial charge in [-0.2, -0.15) is 5.26 Å². The number of hydrogen-bond acceptors (Lipinski definition) is 4. The third kappa shape index (κ3) is 4.34. The summed E-state index contributed by atoms with van der Waals surface area (Å²) in [7, 11) is -3.71. The number of aliphatic carboxylic acids is 1. The normalized spacial score (nSPS) is 12.7. The van der Waals surface area contributed by atoms with E-state index in [-0.39, 0.29) is 11.1 Å². The molecule has 0 aromatic heterocycles. The summed E-state index contributed by atoms with van der Waals surface area (Å²) in [5, 5.41) is 16.2. The lowest BCUT2D eigenvalue weighted by Gasteiger charge is -2.11. The molecule has 5 nitrogen and oxygen atoms in total. The quantitative estimate of drug-likeness (QED) is 0.884. The number of halogens is 1. The first kappa shape index (κ1) is 15.1. The first-order valence-electron chi connectivity index (χ1n) is 5.37. The zero-order valence-electron chi connectivity index (χ0n) is 10.1. The Kier molecular flexibility index (Phi) is 4.62. The smallest absolute Gasteiger partial charge is 0.304 e. The highest BCUT2D eigenvalue weighted by Crippen LogP contribution is 2.16. The summed E-state index contributed by atoms with van der Waals surface area (Å²) in [6.07, 6.45) is -0.511. The predicted octanol–water partition coefficient (Wildman–Crippen LogP) is 1.48. The van der Waals surface area contributed by atoms with Crippen molar-refractivity contribution in [2.24, 2.45) is 0 Å². The van der Waals surface area contributed by atoms with Gasteiger partial charge in [-0.15, -0.1) is 0 Å². The van der Waals surface area contributed by atoms with E-state index in [1.54, 1.807) is 6.07 Å². The maximum atomic E-state index is 13.2. The number of nitriles is 1. The molecule has 1 atom stereocenters. The van der Waals surface area contributed by atoms with Crippen LogP contribution in [0.4, 0.5) is 4.39 Å². The molecule has 0 amide bonds. The van der Waals surface area contributed by atoms with Crippen LogP contribution in [-0.2, 0) is 20.4 Å². The fraction of sp³-hybridized carbons (Fsp3) is 0.333. The zero-order chi connectivity index (χ0) is 14.6. The van der Waals surface area contributed by atoms with Crippen molar-refractivity contribution in [3.63, 3.8) is 0 Å². The SMILES string of the molecule is CC(CC(=O)O)S(=O)(=O)Cc1cc(F)cc(C#N)c1. The Morgan fingerprint density at radius 2 is 2.11 bits per heavy atom. The van der Waals surface area contributed by atoms with Gasteiger partial charge in [-0.25, -0.2) is 12.8 Å². The molecule has 7 heteroatoms. The lowest BCUT2D eigenvalue weighted by atomic mass is 10.1. The summed E-state index contributed by atoms with van der Waals surface area (Å²) < 4.78 is 36.9. The van der Waals surface area contributed by atoms with Gasteiger partial charge in [0, 0.05) is 0 Å². The van der Waals surface area contributed by atoms with Crippen molar-refractivity contribution in [1.82, 2.24) is 0 Å². The van der Waals surface area contributed by atoms with Gasteiger partial charge in [0.15, 0.2) is 9.84 Å². The van der Waals surface area contributed by atoms with E-state index in [1.807, 2.05) is 0 Å². The number of hydrogen-bond donors (Lipinski definition) is 1. The summed E-state index contributed by atoms with van der Waals surface area (Å²) in [6.45, 7) is 1.29. The van der Waals surface area contributed by atoms with Crippen LogP contribution in [0.1, 0.15) is 24.5 Å². The molecule has 0 aliphatic rings. The van der Waals surface area contributed by atoms with Gasteiger partial charge in [0.25, 0.3) is 0 Å². The second-order valence-corrected chi connectivity index (χ2v) is 6.59. The summed E-state index contributed by atoms with van der Waals surface area (Å²) in [6, 6.07) is 5.01. The molecule has 1 aromatic rings. The minimum absolute atomic E-state index is 0.0242. The molecule has 0 spiro atoms. The fourth-order valence-corrected chi connectivity index (χ4v) is 2.86. The van der Waals surface area contributed by atoms with Crippen LogP contribution in [-0.4, -0.2) is 24.7 Å². The van der Waals surface area contributed by atoms with E-state index < -0.39 is 39.0 Å². The lowest BCUT2D eigenvalue weighted by Crippen LogP contribution is -2.22. The average Bonchev–Trinajstić information content (AvgIpc) is 2.26. The second kappa shape index (κ2) is 5.80. The maximum Gasteiger partial charge on any atom is 0.304 e. The number of carbonyl (C=O) groups is 1. The molecule has 0 aliphatic heterocycles. The summed E-state index contributed by atoms with van der Waals surface area (Å²) in [5.41, 5.74) is 0.157. The van der Waals surface area contributed by atoms with Gasteiger partial charge < -0.3 is 5.11 Å². The topological polar surface area (TPSA) is 95.2 Å². The molecule has 0 bridgehead atoms. The van der Waals surface area contributed by atoms with E-state index in [9.17, 15) is 17.6 Å². The van der Waals surface area contributed by atoms with E-state index in [2.05, 4.69) is 0 Å². The molecule has 1 unspecified atom stereocenters. The number of carboxylic acid groups (broad SMARTS) is 1. The minimum atomic E-state index is -3.71. The van der Waals surface area contributed by atoms with E-state index in [0.717, 1.165) is 12.1 Å². The van der Waals surface area contributed by atoms with Crippen LogP contribution in [0.2, 0.25) is 0 Å². The van der Waals surface area contributed by atoms with Crippen LogP contribution >= 0.6 is 0 Å². The van der Waals surface area contributed by atoms with Gasteiger partial charge in [0.2, 0.25) is 0 Å². The summed E-state index contributed by atoms with van der Waals surface area (Å²) in [4.78, 5) is 10.5. The number of nitrogens with zero attached hydrogens (tertiary/aromatic N) is 1. The molecular formula is C12H12FNO4S. The summed E-state index contributed by atoms with van der Waals surface area (Å²) >= 11 is 0. The largest absolute Gasteiger partial charge is 0.481 e. The predicted molar refractivity (Wildman–Crippen MR) is 65.5 cm³/mol. The van der Waals surface area contributed by atoms with Crippen molar-refractivity contribution in [3.8, 4) is 6.07 Å². The fourth-order valence-electron chi connectivity index (χ4n) is 1.55. The molecule has 19 heavy (non-hydrogen) atoms. The lowest BCUT2D eigenvalue weighted by molar-refractivity contribution is -0.136. The number of benzene rings is 1. The van der Waals surface area contributed by atoms with Crippen molar-refractivity contribution in [2.75, 3.05) is 0 Å². The van der Waals surface area contributed by atoms with Gasteiger partial charge >= 0.3 is 5.97 Å². The van der Waals surface area contributed by atoms with Gasteiger partial charge in [0.1, 0.15) is 5.82 Å². The van der Waals surface area contributed by atoms with Gasteiger partial charge in [-0.05, 0) is 30.7 Å². The highest BCUT2D eigenvalue weighted by molar-refractivity contribution is 7.91. The van der Waals surface area contributed by atoms with Crippen molar-refractivity contribution in [1.29, 1.82) is 5.26 Å². The summed E-state index contributed by atoms with van der Waals surface area (Å²) in [5.74, 6) is -2.41. The van der Waals surface area contributed by atoms with Gasteiger partial charge in [-0.3, -0.25) is 4.79 Å². The number of rotatable bonds is 5. The Hall–Kier alpha value is -1.94. The first-order valence-corrected chi connectivity index (χ1v) is 7.09. The Balaban J connectivity index is 2.99. The molecule has 102 valence electrons. The molecular weight excluding hydrogens is 273 g/mol. The molecule has 0 saturated carbocycles. The Bertz CT molecular complexity index is 634. The molecule has 1 N–H and O–H groups in total. The van der Waals surface area contributed by atoms with E-state index in [0.29, 0.717) is 0 Å². The van der Waals surface area contributed by atoms with Gasteiger partial charge in [-0.1, -0.05) is 0 Å². The van der Waals surface area contributed by atoms with E-state index >= 15 is 0 Å². The highest BCUT2D eigenvalue weighted by atomic mass is 32.2. The van der Waals surface area contributed by atoms with Crippen LogP contribution in [0.3, 0.4) is 0 Å². The Labute approximate surface area is 110 Å². The second-order valence-electron chi connectivity index (χ2n) is 4.18. The maximum absolute atomic E-state index is 13.2. The number of sulfone groups is 1. The van der Waals surface area contributed by atoms with Crippen LogP contribution in [0.5, 0.6) is 0 Å². The third-order valence-electron chi connectivity index (χ3n) is 2.53. The van der Waals surface area contributed by atoms with Crippen molar-refractivity contribution in [3.05, 3.63) is 35.1 Å². The molecule has 0 aliphatic carbocycles. The third-order valence-corrected chi connectivity index (χ3v) is 4.66. The Morgan fingerprint density at radius 3 is 2.63 bits per heavy atom. The molecule has 0 radical (unpaired) electrons. The van der Waals surface area contributed by atoms with E-state index in [1.165, 1.54) is 13.0 Å². The van der Waals surface area contributed by atoms with Gasteiger partial charge in [0.05, 0.1) is 29.1 Å². The molecule has 0 fully saturated rings. The van der Waals surface area contributed by atoms with Crippen LogP contribution in [0.15, 0.2) is 18.2 Å². The molecule has 0 heterocycles. The van der Waals surface area contributed by atoms with Crippen molar-refractivity contribution >= 4 is 15.8 Å². The standard InChI is InChI=1S/C12H12FNO4S/c1-8(2-12(15)16)19(17,18)7-10-3-9(6-14)4-11(13)5-10/h3-5,8H,2,7H2,1H3,(H,15,16). The van der Waals surface area contributed by atoms with Crippen molar-refractivity contribution in [2.45, 2.75) is 24.3 Å². The molecule has 0 saturated heterocycles. The monoisotopic (exact) mass is 285 g/mol. The van der Waals surface area contributed by atoms with Crippen LogP contribution in [0.25, 0.3) is 0 Å². The molecule has 1 rings (SSSR count). The van der Waals surface area contributed by atoms with Crippen molar-refractivity contribution < 1.29 is 22.7 Å². The first-order chi connectivity index (χ1) is 8.74. The Morgan fingerprint density at radius 1 is 1.47 bits per heavy atom. The molecule has 1 aromatic carbocycles. The average molecular weight is 285 g/mol. The van der Waals surface area contributed by atoms with Crippen LogP contribution in [0, 0.1) is 17.1 Å². The zero-order valence-corrected chi connectivity index (χ0v) is 10.9. The minimum Gasteiger partial charge on any atom is -0.481 e. The van der Waals surface area contributed by atoms with Crippen LogP contribution < -0.4 is 0 Å². The number of carboxylic acids is 1. The highest BCUT2D eigenvalue weighted by Gasteiger charge is 2.24.